The molecule has 2 N–H and O–H groups in total. The van der Waals surface area contributed by atoms with Gasteiger partial charge in [-0.1, -0.05) is 11.2 Å². The van der Waals surface area contributed by atoms with Crippen LogP contribution in [0.5, 0.6) is 0 Å². The Bertz CT molecular complexity index is 1380. The number of anilines is 1. The number of rotatable bonds is 10. The van der Waals surface area contributed by atoms with E-state index in [4.69, 9.17) is 4.84 Å². The lowest BCUT2D eigenvalue weighted by molar-refractivity contribution is -0.752. The number of carbonyl (C=O) groups excluding carboxylic acids is 4. The molecule has 2 aromatic heterocycles. The highest BCUT2D eigenvalue weighted by Crippen LogP contribution is 2.40. The van der Waals surface area contributed by atoms with Crippen molar-refractivity contribution in [3.63, 3.8) is 0 Å². The Hall–Kier alpha value is -3.98. The molecule has 1 fully saturated rings. The standard InChI is InChI=1S/C23H23N7O6S2/c1-28-7-4-8-29(28)9-13-10-37-21-17(20(33)30(21)18(13)22(34)35)26-19(32)16(27-36-14-5-2-3-6-14)15-11-38-23(25-15)24-12-31/h2,4-5,7-8,11-12,14,17,21H,3,6,9-10H2,1H3,(H2-,24,25,26,31,32,34,35)/t14?,17-,21-/m1/s1. The van der Waals surface area contributed by atoms with Crippen molar-refractivity contribution in [3.05, 3.63) is 53.0 Å². The summed E-state index contributed by atoms with van der Waals surface area (Å²) in [5, 5.41) is 22.3. The molecule has 3 amide bonds. The van der Waals surface area contributed by atoms with Crippen molar-refractivity contribution in [3.8, 4) is 0 Å². The van der Waals surface area contributed by atoms with Gasteiger partial charge in [0.15, 0.2) is 24.1 Å². The number of carboxylic acids is 1. The first-order valence-corrected chi connectivity index (χ1v) is 13.6. The van der Waals surface area contributed by atoms with Gasteiger partial charge in [-0.15, -0.1) is 27.8 Å². The van der Waals surface area contributed by atoms with Crippen molar-refractivity contribution < 1.29 is 33.8 Å². The second kappa shape index (κ2) is 10.8. The molecule has 3 atom stereocenters. The van der Waals surface area contributed by atoms with E-state index in [1.807, 2.05) is 36.1 Å². The largest absolute Gasteiger partial charge is 0.543 e. The maximum Gasteiger partial charge on any atom is 0.276 e. The number of aromatic nitrogens is 3. The molecule has 0 radical (unpaired) electrons. The van der Waals surface area contributed by atoms with E-state index in [0.29, 0.717) is 24.2 Å². The van der Waals surface area contributed by atoms with Gasteiger partial charge in [0.2, 0.25) is 6.41 Å². The lowest BCUT2D eigenvalue weighted by Crippen LogP contribution is -2.71. The Labute approximate surface area is 224 Å². The summed E-state index contributed by atoms with van der Waals surface area (Å²) >= 11 is 2.45. The molecule has 4 heterocycles. The fraction of sp³-hybridized carbons (Fsp3) is 0.348. The number of oxime groups is 1. The van der Waals surface area contributed by atoms with E-state index < -0.39 is 29.2 Å². The van der Waals surface area contributed by atoms with Crippen LogP contribution in [0.15, 0.2) is 52.4 Å². The van der Waals surface area contributed by atoms with Gasteiger partial charge in [-0.25, -0.2) is 4.98 Å². The zero-order valence-electron chi connectivity index (χ0n) is 20.1. The Morgan fingerprint density at radius 2 is 2.26 bits per heavy atom. The zero-order valence-corrected chi connectivity index (χ0v) is 21.7. The van der Waals surface area contributed by atoms with Crippen molar-refractivity contribution in [2.45, 2.75) is 36.9 Å². The topological polar surface area (TPSA) is 162 Å². The van der Waals surface area contributed by atoms with E-state index in [0.717, 1.165) is 17.8 Å². The molecule has 198 valence electrons. The number of amides is 3. The van der Waals surface area contributed by atoms with E-state index >= 15 is 0 Å². The van der Waals surface area contributed by atoms with Crippen LogP contribution in [0.2, 0.25) is 0 Å². The summed E-state index contributed by atoms with van der Waals surface area (Å²) in [7, 11) is 1.82. The SMILES string of the molecule is C[n+]1cccn1CC1=C(C(=O)[O-])N2C(=O)[C@@H](NC(=O)C(=NOC3C=CCC3)c3csc(NC=O)n3)[C@H]2SC1. The van der Waals surface area contributed by atoms with Crippen LogP contribution >= 0.6 is 23.1 Å². The third kappa shape index (κ3) is 4.93. The number of carboxylic acid groups (broad SMARTS) is 1. The first-order valence-electron chi connectivity index (χ1n) is 11.6. The van der Waals surface area contributed by atoms with Gasteiger partial charge in [-0.2, -0.15) is 4.68 Å². The van der Waals surface area contributed by atoms with Crippen LogP contribution in [-0.4, -0.2) is 67.7 Å². The van der Waals surface area contributed by atoms with Gasteiger partial charge in [-0.3, -0.25) is 19.3 Å². The molecule has 13 nitrogen and oxygen atoms in total. The maximum absolute atomic E-state index is 13.3. The number of nitrogens with zero attached hydrogens (tertiary/aromatic N) is 5. The molecule has 2 aliphatic heterocycles. The van der Waals surface area contributed by atoms with Crippen molar-refractivity contribution >= 4 is 58.1 Å². The summed E-state index contributed by atoms with van der Waals surface area (Å²) in [4.78, 5) is 60.1. The average Bonchev–Trinajstić information content (AvgIpc) is 3.66. The first kappa shape index (κ1) is 25.7. The normalized spacial score (nSPS) is 22.7. The van der Waals surface area contributed by atoms with Gasteiger partial charge in [0, 0.05) is 17.2 Å². The van der Waals surface area contributed by atoms with Crippen LogP contribution in [0.25, 0.3) is 0 Å². The fourth-order valence-corrected chi connectivity index (χ4v) is 6.32. The molecule has 0 aromatic carbocycles. The van der Waals surface area contributed by atoms with Crippen LogP contribution in [-0.2, 0) is 37.6 Å². The van der Waals surface area contributed by atoms with Gasteiger partial charge in [0.25, 0.3) is 11.8 Å². The summed E-state index contributed by atoms with van der Waals surface area (Å²) < 4.78 is 3.61. The molecular formula is C23H23N7O6S2. The predicted molar refractivity (Wildman–Crippen MR) is 134 cm³/mol. The zero-order chi connectivity index (χ0) is 26.8. The molecular weight excluding hydrogens is 534 g/mol. The van der Waals surface area contributed by atoms with Gasteiger partial charge < -0.3 is 25.4 Å². The number of hydrogen-bond donors (Lipinski definition) is 2. The molecule has 0 saturated carbocycles. The first-order chi connectivity index (χ1) is 18.4. The molecule has 2 aromatic rings. The second-order valence-corrected chi connectivity index (χ2v) is 10.6. The van der Waals surface area contributed by atoms with Crippen LogP contribution < -0.4 is 20.4 Å². The van der Waals surface area contributed by atoms with E-state index in [2.05, 4.69) is 20.8 Å². The van der Waals surface area contributed by atoms with Gasteiger partial charge >= 0.3 is 0 Å². The van der Waals surface area contributed by atoms with Crippen LogP contribution in [0.1, 0.15) is 18.5 Å². The highest BCUT2D eigenvalue weighted by Gasteiger charge is 2.53. The van der Waals surface area contributed by atoms with E-state index in [-0.39, 0.29) is 34.9 Å². The molecule has 15 heteroatoms. The Morgan fingerprint density at radius 1 is 1.42 bits per heavy atom. The van der Waals surface area contributed by atoms with Crippen molar-refractivity contribution in [2.24, 2.45) is 12.2 Å². The van der Waals surface area contributed by atoms with Crippen molar-refractivity contribution in [1.82, 2.24) is 19.9 Å². The van der Waals surface area contributed by atoms with Gasteiger partial charge in [0.1, 0.15) is 29.8 Å². The minimum absolute atomic E-state index is 0.163. The smallest absolute Gasteiger partial charge is 0.276 e. The Morgan fingerprint density at radius 3 is 2.95 bits per heavy atom. The van der Waals surface area contributed by atoms with Crippen LogP contribution in [0.4, 0.5) is 5.13 Å². The van der Waals surface area contributed by atoms with Crippen molar-refractivity contribution in [1.29, 1.82) is 0 Å². The average molecular weight is 558 g/mol. The number of aliphatic carboxylic acids is 1. The summed E-state index contributed by atoms with van der Waals surface area (Å²) in [5.41, 5.74) is 0.362. The quantitative estimate of drug-likeness (QED) is 0.0927. The minimum Gasteiger partial charge on any atom is -0.543 e. The maximum atomic E-state index is 13.3. The number of carbonyl (C=O) groups is 4. The molecule has 1 unspecified atom stereocenters. The number of thioether (sulfide) groups is 1. The molecule has 0 spiro atoms. The van der Waals surface area contributed by atoms with E-state index in [1.165, 1.54) is 22.0 Å². The lowest BCUT2D eigenvalue weighted by Gasteiger charge is -2.50. The fourth-order valence-electron chi connectivity index (χ4n) is 4.33. The number of nitrogens with one attached hydrogen (secondary N) is 2. The number of fused-ring (bicyclic) bond motifs is 1. The highest BCUT2D eigenvalue weighted by atomic mass is 32.2. The predicted octanol–water partition coefficient (Wildman–Crippen LogP) is -1.12. The molecule has 3 aliphatic rings. The van der Waals surface area contributed by atoms with Crippen LogP contribution in [0.3, 0.4) is 0 Å². The minimum atomic E-state index is -1.45. The van der Waals surface area contributed by atoms with E-state index in [1.54, 1.807) is 10.9 Å². The number of aryl methyl sites for hydroxylation is 1. The molecule has 1 aliphatic carbocycles. The van der Waals surface area contributed by atoms with Gasteiger partial charge in [0.05, 0.1) is 17.9 Å². The van der Waals surface area contributed by atoms with E-state index in [9.17, 15) is 24.3 Å². The van der Waals surface area contributed by atoms with Crippen LogP contribution in [0, 0.1) is 0 Å². The lowest BCUT2D eigenvalue weighted by atomic mass is 10.0. The molecule has 5 rings (SSSR count). The number of hydrogen-bond acceptors (Lipinski definition) is 10. The Balaban J connectivity index is 1.35. The summed E-state index contributed by atoms with van der Waals surface area (Å²) in [6.45, 7) is 0.276. The summed E-state index contributed by atoms with van der Waals surface area (Å²) in [5.74, 6) is -2.38. The monoisotopic (exact) mass is 557 g/mol. The third-order valence-corrected chi connectivity index (χ3v) is 8.35. The molecule has 1 saturated heterocycles. The Kier molecular flexibility index (Phi) is 7.28. The number of thiazole rings is 1. The second-order valence-electron chi connectivity index (χ2n) is 8.65. The summed E-state index contributed by atoms with van der Waals surface area (Å²) in [6, 6.07) is 0.846. The molecule has 0 bridgehead atoms. The third-order valence-electron chi connectivity index (χ3n) is 6.24. The van der Waals surface area contributed by atoms with Crippen molar-refractivity contribution in [2.75, 3.05) is 11.1 Å². The number of allylic oxidation sites excluding steroid dienone is 1. The summed E-state index contributed by atoms with van der Waals surface area (Å²) in [6.07, 6.45) is 9.12. The molecule has 38 heavy (non-hydrogen) atoms. The van der Waals surface area contributed by atoms with Gasteiger partial charge in [-0.05, 0) is 24.5 Å². The number of β-lactam (4-membered cyclic amide) rings is 1. The highest BCUT2D eigenvalue weighted by molar-refractivity contribution is 8.00.